The number of nitrogens with zero attached hydrogens (tertiary/aromatic N) is 2. The maximum absolute atomic E-state index is 8.99. The first-order valence-corrected chi connectivity index (χ1v) is 4.85. The highest BCUT2D eigenvalue weighted by atomic mass is 15.1. The number of hydrogen-bond acceptors (Lipinski definition) is 3. The van der Waals surface area contributed by atoms with Gasteiger partial charge in [0.2, 0.25) is 0 Å². The molecule has 0 aromatic heterocycles. The van der Waals surface area contributed by atoms with Gasteiger partial charge in [-0.15, -0.1) is 0 Å². The molecule has 0 bridgehead atoms. The predicted octanol–water partition coefficient (Wildman–Crippen LogP) is 1.22. The standard InChI is InChI=1S/C10H21N3/c1-5-7-12-10(2,9-11)6-8-13(3)4/h12H,5-8H2,1-4H3. The lowest BCUT2D eigenvalue weighted by molar-refractivity contribution is 0.329. The van der Waals surface area contributed by atoms with E-state index in [0.717, 1.165) is 25.9 Å². The fourth-order valence-electron chi connectivity index (χ4n) is 1.03. The van der Waals surface area contributed by atoms with E-state index in [1.54, 1.807) is 0 Å². The van der Waals surface area contributed by atoms with Crippen LogP contribution in [-0.4, -0.2) is 37.6 Å². The zero-order chi connectivity index (χ0) is 10.3. The Balaban J connectivity index is 3.90. The van der Waals surface area contributed by atoms with Gasteiger partial charge in [-0.1, -0.05) is 6.92 Å². The maximum Gasteiger partial charge on any atom is 0.105 e. The molecule has 76 valence electrons. The van der Waals surface area contributed by atoms with Crippen molar-refractivity contribution in [3.63, 3.8) is 0 Å². The Morgan fingerprint density at radius 3 is 2.46 bits per heavy atom. The summed E-state index contributed by atoms with van der Waals surface area (Å²) in [5, 5.41) is 12.3. The summed E-state index contributed by atoms with van der Waals surface area (Å²) >= 11 is 0. The summed E-state index contributed by atoms with van der Waals surface area (Å²) in [6, 6.07) is 2.33. The van der Waals surface area contributed by atoms with Crippen molar-refractivity contribution in [2.45, 2.75) is 32.2 Å². The highest BCUT2D eigenvalue weighted by Gasteiger charge is 2.21. The fourth-order valence-corrected chi connectivity index (χ4v) is 1.03. The first-order valence-electron chi connectivity index (χ1n) is 4.85. The second-order valence-corrected chi connectivity index (χ2v) is 3.92. The fraction of sp³-hybridized carbons (Fsp3) is 0.900. The molecule has 0 fully saturated rings. The molecule has 1 atom stereocenters. The monoisotopic (exact) mass is 183 g/mol. The van der Waals surface area contributed by atoms with Gasteiger partial charge in [0.15, 0.2) is 0 Å². The van der Waals surface area contributed by atoms with Crippen molar-refractivity contribution in [3.05, 3.63) is 0 Å². The van der Waals surface area contributed by atoms with E-state index in [1.807, 2.05) is 21.0 Å². The summed E-state index contributed by atoms with van der Waals surface area (Å²) in [7, 11) is 4.05. The van der Waals surface area contributed by atoms with Gasteiger partial charge in [-0.3, -0.25) is 5.32 Å². The second-order valence-electron chi connectivity index (χ2n) is 3.92. The van der Waals surface area contributed by atoms with E-state index in [1.165, 1.54) is 0 Å². The molecule has 0 aromatic rings. The van der Waals surface area contributed by atoms with Gasteiger partial charge in [-0.2, -0.15) is 5.26 Å². The zero-order valence-electron chi connectivity index (χ0n) is 9.22. The van der Waals surface area contributed by atoms with Gasteiger partial charge in [0.1, 0.15) is 5.54 Å². The summed E-state index contributed by atoms with van der Waals surface area (Å²) in [5.74, 6) is 0. The Morgan fingerprint density at radius 2 is 2.08 bits per heavy atom. The van der Waals surface area contributed by atoms with Gasteiger partial charge in [-0.05, 0) is 40.4 Å². The van der Waals surface area contributed by atoms with Crippen LogP contribution in [-0.2, 0) is 0 Å². The van der Waals surface area contributed by atoms with Crippen molar-refractivity contribution >= 4 is 0 Å². The van der Waals surface area contributed by atoms with E-state index < -0.39 is 0 Å². The Bertz CT molecular complexity index is 171. The SMILES string of the molecule is CCCNC(C)(C#N)CCN(C)C. The summed E-state index contributed by atoms with van der Waals surface area (Å²) in [6.45, 7) is 5.93. The highest BCUT2D eigenvalue weighted by molar-refractivity contribution is 5.03. The van der Waals surface area contributed by atoms with Crippen molar-refractivity contribution in [2.24, 2.45) is 0 Å². The lowest BCUT2D eigenvalue weighted by Gasteiger charge is -2.24. The minimum atomic E-state index is -0.361. The molecule has 0 radical (unpaired) electrons. The molecule has 0 aromatic carbocycles. The van der Waals surface area contributed by atoms with Crippen molar-refractivity contribution in [2.75, 3.05) is 27.2 Å². The third kappa shape index (κ3) is 5.62. The first kappa shape index (κ1) is 12.4. The van der Waals surface area contributed by atoms with Crippen LogP contribution in [0, 0.1) is 11.3 Å². The zero-order valence-corrected chi connectivity index (χ0v) is 9.22. The molecule has 13 heavy (non-hydrogen) atoms. The third-order valence-corrected chi connectivity index (χ3v) is 2.07. The van der Waals surface area contributed by atoms with Crippen LogP contribution in [0.2, 0.25) is 0 Å². The molecule has 0 saturated heterocycles. The number of nitriles is 1. The van der Waals surface area contributed by atoms with Gasteiger partial charge < -0.3 is 4.90 Å². The molecular weight excluding hydrogens is 162 g/mol. The lowest BCUT2D eigenvalue weighted by atomic mass is 9.99. The summed E-state index contributed by atoms with van der Waals surface area (Å²) in [6.07, 6.45) is 1.94. The van der Waals surface area contributed by atoms with E-state index in [2.05, 4.69) is 23.2 Å². The number of nitrogens with one attached hydrogen (secondary N) is 1. The van der Waals surface area contributed by atoms with Crippen LogP contribution in [0.15, 0.2) is 0 Å². The van der Waals surface area contributed by atoms with Gasteiger partial charge in [-0.25, -0.2) is 0 Å². The number of rotatable bonds is 6. The Labute approximate surface area is 81.7 Å². The Hall–Kier alpha value is -0.590. The molecule has 0 aliphatic heterocycles. The van der Waals surface area contributed by atoms with Gasteiger partial charge in [0, 0.05) is 6.54 Å². The smallest absolute Gasteiger partial charge is 0.105 e. The van der Waals surface area contributed by atoms with Crippen molar-refractivity contribution < 1.29 is 0 Å². The van der Waals surface area contributed by atoms with Crippen LogP contribution in [0.5, 0.6) is 0 Å². The Kier molecular flexibility index (Phi) is 5.68. The van der Waals surface area contributed by atoms with Gasteiger partial charge >= 0.3 is 0 Å². The lowest BCUT2D eigenvalue weighted by Crippen LogP contribution is -2.43. The van der Waals surface area contributed by atoms with E-state index >= 15 is 0 Å². The first-order chi connectivity index (χ1) is 6.04. The maximum atomic E-state index is 8.99. The predicted molar refractivity (Wildman–Crippen MR) is 55.5 cm³/mol. The van der Waals surface area contributed by atoms with Crippen molar-refractivity contribution in [3.8, 4) is 6.07 Å². The average Bonchev–Trinajstić information content (AvgIpc) is 2.11. The van der Waals surface area contributed by atoms with E-state index in [4.69, 9.17) is 5.26 Å². The summed E-state index contributed by atoms with van der Waals surface area (Å²) in [4.78, 5) is 2.10. The molecule has 0 saturated carbocycles. The molecule has 0 rings (SSSR count). The van der Waals surface area contributed by atoms with E-state index in [-0.39, 0.29) is 5.54 Å². The largest absolute Gasteiger partial charge is 0.309 e. The molecule has 3 nitrogen and oxygen atoms in total. The molecule has 3 heteroatoms. The van der Waals surface area contributed by atoms with Crippen LogP contribution in [0.3, 0.4) is 0 Å². The molecule has 0 amide bonds. The Morgan fingerprint density at radius 1 is 1.46 bits per heavy atom. The quantitative estimate of drug-likeness (QED) is 0.673. The van der Waals surface area contributed by atoms with Crippen molar-refractivity contribution in [1.29, 1.82) is 5.26 Å². The van der Waals surface area contributed by atoms with Crippen LogP contribution in [0.1, 0.15) is 26.7 Å². The molecule has 0 heterocycles. The van der Waals surface area contributed by atoms with Crippen LogP contribution in [0.25, 0.3) is 0 Å². The van der Waals surface area contributed by atoms with E-state index in [9.17, 15) is 0 Å². The molecule has 0 spiro atoms. The molecular formula is C10H21N3. The molecule has 0 aliphatic carbocycles. The highest BCUT2D eigenvalue weighted by Crippen LogP contribution is 2.08. The second kappa shape index (κ2) is 5.95. The van der Waals surface area contributed by atoms with Gasteiger partial charge in [0.25, 0.3) is 0 Å². The summed E-state index contributed by atoms with van der Waals surface area (Å²) < 4.78 is 0. The van der Waals surface area contributed by atoms with Crippen LogP contribution >= 0.6 is 0 Å². The minimum Gasteiger partial charge on any atom is -0.309 e. The third-order valence-electron chi connectivity index (χ3n) is 2.07. The normalized spacial score (nSPS) is 15.4. The average molecular weight is 183 g/mol. The summed E-state index contributed by atoms with van der Waals surface area (Å²) in [5.41, 5.74) is -0.361. The molecule has 0 aliphatic rings. The topological polar surface area (TPSA) is 39.1 Å². The minimum absolute atomic E-state index is 0.361. The van der Waals surface area contributed by atoms with Crippen LogP contribution in [0.4, 0.5) is 0 Å². The molecule has 1 unspecified atom stereocenters. The molecule has 1 N–H and O–H groups in total. The van der Waals surface area contributed by atoms with Gasteiger partial charge in [0.05, 0.1) is 6.07 Å². The van der Waals surface area contributed by atoms with Crippen molar-refractivity contribution in [1.82, 2.24) is 10.2 Å². The van der Waals surface area contributed by atoms with E-state index in [0.29, 0.717) is 0 Å². The van der Waals surface area contributed by atoms with Crippen LogP contribution < -0.4 is 5.32 Å². The number of hydrogen-bond donors (Lipinski definition) is 1.